The average Bonchev–Trinajstić information content (AvgIpc) is 3.27. The van der Waals surface area contributed by atoms with Crippen LogP contribution >= 0.6 is 0 Å². The second kappa shape index (κ2) is 9.35. The van der Waals surface area contributed by atoms with Crippen molar-refractivity contribution in [3.63, 3.8) is 0 Å². The van der Waals surface area contributed by atoms with Crippen molar-refractivity contribution in [1.29, 1.82) is 0 Å². The highest BCUT2D eigenvalue weighted by molar-refractivity contribution is 6.03. The molecule has 0 radical (unpaired) electrons. The molecule has 8 nitrogen and oxygen atoms in total. The summed E-state index contributed by atoms with van der Waals surface area (Å²) in [6.45, 7) is 1.28. The Hall–Kier alpha value is -4.20. The molecule has 2 heterocycles. The van der Waals surface area contributed by atoms with Crippen LogP contribution in [0.15, 0.2) is 66.7 Å². The lowest BCUT2D eigenvalue weighted by molar-refractivity contribution is -0.122. The van der Waals surface area contributed by atoms with Gasteiger partial charge in [0.25, 0.3) is 0 Å². The summed E-state index contributed by atoms with van der Waals surface area (Å²) in [5.41, 5.74) is 1.32. The molecule has 0 aromatic heterocycles. The van der Waals surface area contributed by atoms with Crippen molar-refractivity contribution in [3.8, 4) is 28.7 Å². The third-order valence-corrected chi connectivity index (χ3v) is 5.75. The Bertz CT molecular complexity index is 1210. The Morgan fingerprint density at radius 3 is 2.47 bits per heavy atom. The van der Waals surface area contributed by atoms with E-state index in [1.165, 1.54) is 0 Å². The first-order chi connectivity index (χ1) is 16.6. The van der Waals surface area contributed by atoms with Crippen LogP contribution < -0.4 is 29.2 Å². The van der Waals surface area contributed by atoms with Crippen LogP contribution in [0.5, 0.6) is 28.7 Å². The predicted molar refractivity (Wildman–Crippen MR) is 126 cm³/mol. The monoisotopic (exact) mass is 460 g/mol. The number of fused-ring (bicyclic) bond motifs is 1. The molecule has 2 amide bonds. The van der Waals surface area contributed by atoms with Crippen molar-refractivity contribution < 1.29 is 28.5 Å². The van der Waals surface area contributed by atoms with E-state index in [4.69, 9.17) is 18.9 Å². The molecule has 0 unspecified atom stereocenters. The molecule has 3 aromatic carbocycles. The number of anilines is 2. The predicted octanol–water partition coefficient (Wildman–Crippen LogP) is 4.25. The maximum Gasteiger partial charge on any atom is 0.229 e. The van der Waals surface area contributed by atoms with Crippen LogP contribution in [0, 0.1) is 5.92 Å². The largest absolute Gasteiger partial charge is 0.493 e. The van der Waals surface area contributed by atoms with E-state index in [0.717, 1.165) is 0 Å². The maximum atomic E-state index is 12.8. The molecule has 1 saturated heterocycles. The molecular formula is C26H24N2O6. The minimum atomic E-state index is -0.454. The van der Waals surface area contributed by atoms with Crippen LogP contribution in [-0.2, 0) is 9.59 Å². The van der Waals surface area contributed by atoms with Crippen LogP contribution in [0.1, 0.15) is 6.42 Å². The molecule has 2 aliphatic heterocycles. The van der Waals surface area contributed by atoms with Gasteiger partial charge in [0.2, 0.25) is 11.8 Å². The molecule has 2 aliphatic rings. The number of para-hydroxylation sites is 2. The highest BCUT2D eigenvalue weighted by Gasteiger charge is 2.35. The third-order valence-electron chi connectivity index (χ3n) is 5.75. The standard InChI is InChI=1S/C26H24N2O6/c1-31-21-4-2-3-5-23(21)34-20-9-6-18(7-10-20)27-26(30)17-14-25(29)28(16-17)19-8-11-22-24(15-19)33-13-12-32-22/h2-11,15,17H,12-14,16H2,1H3,(H,27,30)/t17-/m1/s1. The summed E-state index contributed by atoms with van der Waals surface area (Å²) in [5.74, 6) is 2.37. The number of methoxy groups -OCH3 is 1. The molecule has 0 spiro atoms. The molecule has 0 aliphatic carbocycles. The Kier molecular flexibility index (Phi) is 5.95. The van der Waals surface area contributed by atoms with Crippen LogP contribution in [0.3, 0.4) is 0 Å². The molecule has 1 fully saturated rings. The second-order valence-electron chi connectivity index (χ2n) is 8.00. The van der Waals surface area contributed by atoms with E-state index in [1.54, 1.807) is 48.4 Å². The Balaban J connectivity index is 1.21. The molecule has 8 heteroatoms. The van der Waals surface area contributed by atoms with E-state index in [1.807, 2.05) is 30.3 Å². The van der Waals surface area contributed by atoms with E-state index in [2.05, 4.69) is 5.32 Å². The number of carbonyl (C=O) groups excluding carboxylic acids is 2. The third kappa shape index (κ3) is 4.47. The van der Waals surface area contributed by atoms with Crippen LogP contribution in [-0.4, -0.2) is 38.7 Å². The van der Waals surface area contributed by atoms with Gasteiger partial charge in [-0.3, -0.25) is 9.59 Å². The summed E-state index contributed by atoms with van der Waals surface area (Å²) < 4.78 is 22.3. The summed E-state index contributed by atoms with van der Waals surface area (Å²) in [5, 5.41) is 2.90. The number of nitrogens with zero attached hydrogens (tertiary/aromatic N) is 1. The summed E-state index contributed by atoms with van der Waals surface area (Å²) >= 11 is 0. The summed E-state index contributed by atoms with van der Waals surface area (Å²) in [7, 11) is 1.59. The molecule has 3 aromatic rings. The van der Waals surface area contributed by atoms with Crippen LogP contribution in [0.25, 0.3) is 0 Å². The minimum absolute atomic E-state index is 0.0996. The normalized spacial score (nSPS) is 16.8. The number of carbonyl (C=O) groups is 2. The van der Waals surface area contributed by atoms with Gasteiger partial charge in [-0.1, -0.05) is 12.1 Å². The minimum Gasteiger partial charge on any atom is -0.493 e. The van der Waals surface area contributed by atoms with Gasteiger partial charge in [0.1, 0.15) is 19.0 Å². The first-order valence-corrected chi connectivity index (χ1v) is 11.0. The van der Waals surface area contributed by atoms with Gasteiger partial charge in [0.15, 0.2) is 23.0 Å². The molecule has 0 bridgehead atoms. The fourth-order valence-electron chi connectivity index (χ4n) is 4.01. The lowest BCUT2D eigenvalue weighted by Gasteiger charge is -2.22. The smallest absolute Gasteiger partial charge is 0.229 e. The van der Waals surface area contributed by atoms with Gasteiger partial charge >= 0.3 is 0 Å². The number of ether oxygens (including phenoxy) is 4. The first-order valence-electron chi connectivity index (χ1n) is 11.0. The number of hydrogen-bond donors (Lipinski definition) is 1. The quantitative estimate of drug-likeness (QED) is 0.592. The number of benzene rings is 3. The summed E-state index contributed by atoms with van der Waals surface area (Å²) in [4.78, 5) is 27.1. The zero-order valence-electron chi connectivity index (χ0n) is 18.7. The zero-order valence-corrected chi connectivity index (χ0v) is 18.7. The van der Waals surface area contributed by atoms with Gasteiger partial charge in [0.05, 0.1) is 13.0 Å². The zero-order chi connectivity index (χ0) is 23.5. The maximum absolute atomic E-state index is 12.8. The Labute approximate surface area is 197 Å². The lowest BCUT2D eigenvalue weighted by atomic mass is 10.1. The topological polar surface area (TPSA) is 86.3 Å². The second-order valence-corrected chi connectivity index (χ2v) is 8.00. The Morgan fingerprint density at radius 1 is 0.971 bits per heavy atom. The number of hydrogen-bond acceptors (Lipinski definition) is 6. The highest BCUT2D eigenvalue weighted by atomic mass is 16.6. The van der Waals surface area contributed by atoms with Gasteiger partial charge in [-0.2, -0.15) is 0 Å². The average molecular weight is 460 g/mol. The lowest BCUT2D eigenvalue weighted by Crippen LogP contribution is -2.28. The molecule has 1 atom stereocenters. The fraction of sp³-hybridized carbons (Fsp3) is 0.231. The van der Waals surface area contributed by atoms with Crippen molar-refractivity contribution in [2.75, 3.05) is 37.1 Å². The summed E-state index contributed by atoms with van der Waals surface area (Å²) in [6.07, 6.45) is 0.148. The van der Waals surface area contributed by atoms with Crippen molar-refractivity contribution in [2.24, 2.45) is 5.92 Å². The van der Waals surface area contributed by atoms with E-state index in [9.17, 15) is 9.59 Å². The van der Waals surface area contributed by atoms with Gasteiger partial charge in [-0.15, -0.1) is 0 Å². The summed E-state index contributed by atoms with van der Waals surface area (Å²) in [6, 6.07) is 19.8. The van der Waals surface area contributed by atoms with E-state index >= 15 is 0 Å². The first kappa shape index (κ1) is 21.6. The molecular weight excluding hydrogens is 436 g/mol. The van der Waals surface area contributed by atoms with E-state index < -0.39 is 5.92 Å². The SMILES string of the molecule is COc1ccccc1Oc1ccc(NC(=O)[C@@H]2CC(=O)N(c3ccc4c(c3)OCCO4)C2)cc1. The molecule has 0 saturated carbocycles. The van der Waals surface area contributed by atoms with Crippen LogP contribution in [0.4, 0.5) is 11.4 Å². The number of rotatable bonds is 6. The van der Waals surface area contributed by atoms with Crippen molar-refractivity contribution in [3.05, 3.63) is 66.7 Å². The highest BCUT2D eigenvalue weighted by Crippen LogP contribution is 2.36. The fourth-order valence-corrected chi connectivity index (χ4v) is 4.01. The van der Waals surface area contributed by atoms with E-state index in [0.29, 0.717) is 59.9 Å². The number of nitrogens with one attached hydrogen (secondary N) is 1. The van der Waals surface area contributed by atoms with Gasteiger partial charge in [-0.05, 0) is 48.5 Å². The van der Waals surface area contributed by atoms with Crippen LogP contribution in [0.2, 0.25) is 0 Å². The van der Waals surface area contributed by atoms with Crippen molar-refractivity contribution in [2.45, 2.75) is 6.42 Å². The van der Waals surface area contributed by atoms with Crippen molar-refractivity contribution in [1.82, 2.24) is 0 Å². The van der Waals surface area contributed by atoms with Gasteiger partial charge in [0, 0.05) is 30.4 Å². The number of amides is 2. The van der Waals surface area contributed by atoms with Gasteiger partial charge in [-0.25, -0.2) is 0 Å². The molecule has 5 rings (SSSR count). The van der Waals surface area contributed by atoms with E-state index in [-0.39, 0.29) is 18.2 Å². The van der Waals surface area contributed by atoms with Gasteiger partial charge < -0.3 is 29.2 Å². The molecule has 34 heavy (non-hydrogen) atoms. The Morgan fingerprint density at radius 2 is 1.71 bits per heavy atom. The molecule has 1 N–H and O–H groups in total. The van der Waals surface area contributed by atoms with Crippen molar-refractivity contribution >= 4 is 23.2 Å². The molecule has 174 valence electrons.